The molecule has 0 atom stereocenters. The maximum absolute atomic E-state index is 12.1. The zero-order chi connectivity index (χ0) is 17.4. The summed E-state index contributed by atoms with van der Waals surface area (Å²) in [5.41, 5.74) is 1.03. The Morgan fingerprint density at radius 1 is 0.917 bits per heavy atom. The highest BCUT2D eigenvalue weighted by Gasteiger charge is 2.20. The Bertz CT molecular complexity index is 666. The molecular formula is C20H23NO3. The number of rotatable bonds is 7. The summed E-state index contributed by atoms with van der Waals surface area (Å²) >= 11 is 0. The van der Waals surface area contributed by atoms with Crippen molar-refractivity contribution in [3.05, 3.63) is 71.8 Å². The van der Waals surface area contributed by atoms with E-state index in [0.29, 0.717) is 30.7 Å². The van der Waals surface area contributed by atoms with Crippen LogP contribution < -0.4 is 5.32 Å². The molecule has 0 aliphatic rings. The molecule has 4 heteroatoms. The number of nitrogens with one attached hydrogen (secondary N) is 1. The van der Waals surface area contributed by atoms with E-state index in [1.165, 1.54) is 0 Å². The molecule has 0 fully saturated rings. The highest BCUT2D eigenvalue weighted by Crippen LogP contribution is 2.19. The summed E-state index contributed by atoms with van der Waals surface area (Å²) in [6.07, 6.45) is 0.667. The summed E-state index contributed by atoms with van der Waals surface area (Å²) in [6, 6.07) is 18.0. The van der Waals surface area contributed by atoms with E-state index in [4.69, 9.17) is 4.74 Å². The standard InChI is InChI=1S/C20H23NO3/c1-20(2,15-21-18(22)16-9-5-3-6-10-16)13-14-24-19(23)17-11-7-4-8-12-17/h3-12H,13-15H2,1-2H3,(H,21,22). The number of hydrogen-bond acceptors (Lipinski definition) is 3. The van der Waals surface area contributed by atoms with Crippen molar-refractivity contribution >= 4 is 11.9 Å². The fourth-order valence-corrected chi connectivity index (χ4v) is 2.18. The topological polar surface area (TPSA) is 55.4 Å². The molecule has 0 bridgehead atoms. The normalized spacial score (nSPS) is 10.9. The van der Waals surface area contributed by atoms with Gasteiger partial charge >= 0.3 is 5.97 Å². The van der Waals surface area contributed by atoms with Gasteiger partial charge in [-0.05, 0) is 36.1 Å². The highest BCUT2D eigenvalue weighted by molar-refractivity contribution is 5.94. The van der Waals surface area contributed by atoms with Crippen LogP contribution in [0.15, 0.2) is 60.7 Å². The lowest BCUT2D eigenvalue weighted by molar-refractivity contribution is 0.0455. The van der Waals surface area contributed by atoms with Crippen molar-refractivity contribution in [1.29, 1.82) is 0 Å². The zero-order valence-corrected chi connectivity index (χ0v) is 14.1. The third kappa shape index (κ3) is 5.54. The molecule has 2 rings (SSSR count). The molecule has 2 aromatic carbocycles. The van der Waals surface area contributed by atoms with Gasteiger partial charge in [0.2, 0.25) is 0 Å². The van der Waals surface area contributed by atoms with E-state index < -0.39 is 0 Å². The molecule has 0 heterocycles. The molecule has 1 amide bonds. The van der Waals surface area contributed by atoms with Crippen molar-refractivity contribution in [2.24, 2.45) is 5.41 Å². The maximum Gasteiger partial charge on any atom is 0.338 e. The Kier molecular flexibility index (Phi) is 6.13. The van der Waals surface area contributed by atoms with Gasteiger partial charge in [-0.1, -0.05) is 50.2 Å². The number of carbonyl (C=O) groups excluding carboxylic acids is 2. The molecule has 126 valence electrons. The van der Waals surface area contributed by atoms with E-state index in [0.717, 1.165) is 0 Å². The van der Waals surface area contributed by atoms with Crippen LogP contribution in [0.25, 0.3) is 0 Å². The van der Waals surface area contributed by atoms with E-state index in [1.807, 2.05) is 38.1 Å². The lowest BCUT2D eigenvalue weighted by Crippen LogP contribution is -2.34. The smallest absolute Gasteiger partial charge is 0.338 e. The SMILES string of the molecule is CC(C)(CCOC(=O)c1ccccc1)CNC(=O)c1ccccc1. The number of carbonyl (C=O) groups is 2. The minimum absolute atomic E-state index is 0.0926. The molecule has 24 heavy (non-hydrogen) atoms. The van der Waals surface area contributed by atoms with Crippen LogP contribution >= 0.6 is 0 Å². The van der Waals surface area contributed by atoms with Crippen LogP contribution in [0.5, 0.6) is 0 Å². The molecule has 0 aromatic heterocycles. The van der Waals surface area contributed by atoms with Crippen LogP contribution in [0.1, 0.15) is 41.0 Å². The van der Waals surface area contributed by atoms with E-state index in [9.17, 15) is 9.59 Å². The predicted molar refractivity (Wildman–Crippen MR) is 93.9 cm³/mol. The molecule has 1 N–H and O–H groups in total. The third-order valence-corrected chi connectivity index (χ3v) is 3.78. The van der Waals surface area contributed by atoms with Gasteiger partial charge < -0.3 is 10.1 Å². The lowest BCUT2D eigenvalue weighted by atomic mass is 9.89. The maximum atomic E-state index is 12.1. The van der Waals surface area contributed by atoms with Crippen molar-refractivity contribution in [2.45, 2.75) is 20.3 Å². The Morgan fingerprint density at radius 3 is 2.04 bits per heavy atom. The van der Waals surface area contributed by atoms with Gasteiger partial charge in [-0.2, -0.15) is 0 Å². The first-order valence-corrected chi connectivity index (χ1v) is 8.03. The second kappa shape index (κ2) is 8.29. The Balaban J connectivity index is 1.75. The van der Waals surface area contributed by atoms with Gasteiger partial charge in [0.05, 0.1) is 12.2 Å². The van der Waals surface area contributed by atoms with Gasteiger partial charge in [0.15, 0.2) is 0 Å². The fourth-order valence-electron chi connectivity index (χ4n) is 2.18. The van der Waals surface area contributed by atoms with Crippen LogP contribution in [0, 0.1) is 5.41 Å². The number of esters is 1. The Morgan fingerprint density at radius 2 is 1.46 bits per heavy atom. The van der Waals surface area contributed by atoms with Crippen molar-refractivity contribution in [3.8, 4) is 0 Å². The molecule has 0 saturated carbocycles. The van der Waals surface area contributed by atoms with Gasteiger partial charge in [0.1, 0.15) is 0 Å². The number of benzene rings is 2. The molecule has 0 unspecified atom stereocenters. The first kappa shape index (κ1) is 17.7. The summed E-state index contributed by atoms with van der Waals surface area (Å²) in [4.78, 5) is 24.0. The third-order valence-electron chi connectivity index (χ3n) is 3.78. The Labute approximate surface area is 142 Å². The minimum Gasteiger partial charge on any atom is -0.462 e. The zero-order valence-electron chi connectivity index (χ0n) is 14.1. The van der Waals surface area contributed by atoms with E-state index in [-0.39, 0.29) is 17.3 Å². The van der Waals surface area contributed by atoms with Gasteiger partial charge in [-0.15, -0.1) is 0 Å². The average Bonchev–Trinajstić information content (AvgIpc) is 2.61. The predicted octanol–water partition coefficient (Wildman–Crippen LogP) is 3.69. The van der Waals surface area contributed by atoms with Crippen LogP contribution in [0.3, 0.4) is 0 Å². The van der Waals surface area contributed by atoms with E-state index >= 15 is 0 Å². The molecule has 0 spiro atoms. The van der Waals surface area contributed by atoms with E-state index in [2.05, 4.69) is 5.32 Å². The average molecular weight is 325 g/mol. The van der Waals surface area contributed by atoms with Crippen molar-refractivity contribution in [1.82, 2.24) is 5.32 Å². The van der Waals surface area contributed by atoms with Gasteiger partial charge in [0.25, 0.3) is 5.91 Å². The molecule has 2 aromatic rings. The van der Waals surface area contributed by atoms with Crippen molar-refractivity contribution in [3.63, 3.8) is 0 Å². The highest BCUT2D eigenvalue weighted by atomic mass is 16.5. The molecular weight excluding hydrogens is 302 g/mol. The molecule has 0 aliphatic heterocycles. The quantitative estimate of drug-likeness (QED) is 0.790. The van der Waals surface area contributed by atoms with Crippen LogP contribution in [-0.4, -0.2) is 25.0 Å². The molecule has 0 aliphatic carbocycles. The number of ether oxygens (including phenoxy) is 1. The van der Waals surface area contributed by atoms with Crippen molar-refractivity contribution in [2.75, 3.05) is 13.2 Å². The van der Waals surface area contributed by atoms with Crippen LogP contribution in [-0.2, 0) is 4.74 Å². The monoisotopic (exact) mass is 325 g/mol. The van der Waals surface area contributed by atoms with Gasteiger partial charge in [0, 0.05) is 12.1 Å². The number of amides is 1. The lowest BCUT2D eigenvalue weighted by Gasteiger charge is -2.24. The van der Waals surface area contributed by atoms with E-state index in [1.54, 1.807) is 36.4 Å². The van der Waals surface area contributed by atoms with Crippen LogP contribution in [0.4, 0.5) is 0 Å². The fraction of sp³-hybridized carbons (Fsp3) is 0.300. The Hall–Kier alpha value is -2.62. The summed E-state index contributed by atoms with van der Waals surface area (Å²) in [5.74, 6) is -0.412. The van der Waals surface area contributed by atoms with Crippen molar-refractivity contribution < 1.29 is 14.3 Å². The largest absolute Gasteiger partial charge is 0.462 e. The molecule has 0 saturated heterocycles. The second-order valence-electron chi connectivity index (χ2n) is 6.46. The molecule has 0 radical (unpaired) electrons. The summed E-state index contributed by atoms with van der Waals surface area (Å²) in [6.45, 7) is 4.91. The molecule has 4 nitrogen and oxygen atoms in total. The van der Waals surface area contributed by atoms with Gasteiger partial charge in [-0.25, -0.2) is 4.79 Å². The number of hydrogen-bond donors (Lipinski definition) is 1. The second-order valence-corrected chi connectivity index (χ2v) is 6.46. The first-order valence-electron chi connectivity index (χ1n) is 8.03. The summed E-state index contributed by atoms with van der Waals surface area (Å²) < 4.78 is 5.30. The minimum atomic E-state index is -0.320. The van der Waals surface area contributed by atoms with Gasteiger partial charge in [-0.3, -0.25) is 4.79 Å². The summed E-state index contributed by atoms with van der Waals surface area (Å²) in [7, 11) is 0. The van der Waals surface area contributed by atoms with Crippen LogP contribution in [0.2, 0.25) is 0 Å². The summed E-state index contributed by atoms with van der Waals surface area (Å²) in [5, 5.41) is 2.93. The first-order chi connectivity index (χ1) is 11.5.